The van der Waals surface area contributed by atoms with Crippen LogP contribution in [0.5, 0.6) is 0 Å². The third-order valence-corrected chi connectivity index (χ3v) is 5.01. The summed E-state index contributed by atoms with van der Waals surface area (Å²) in [7, 11) is 0. The fourth-order valence-corrected chi connectivity index (χ4v) is 3.43. The van der Waals surface area contributed by atoms with Crippen LogP contribution in [0.2, 0.25) is 0 Å². The highest BCUT2D eigenvalue weighted by Crippen LogP contribution is 2.21. The fraction of sp³-hybridized carbons (Fsp3) is 0.409. The molecule has 26 heavy (non-hydrogen) atoms. The molecule has 1 aliphatic rings. The lowest BCUT2D eigenvalue weighted by atomic mass is 9.98. The molecule has 1 saturated heterocycles. The Morgan fingerprint density at radius 3 is 2.31 bits per heavy atom. The summed E-state index contributed by atoms with van der Waals surface area (Å²) in [5, 5.41) is 0. The highest BCUT2D eigenvalue weighted by Gasteiger charge is 2.23. The molecule has 1 unspecified atom stereocenters. The van der Waals surface area contributed by atoms with Gasteiger partial charge < -0.3 is 15.4 Å². The van der Waals surface area contributed by atoms with Gasteiger partial charge in [0, 0.05) is 38.8 Å². The zero-order valence-corrected chi connectivity index (χ0v) is 15.2. The van der Waals surface area contributed by atoms with Crippen molar-refractivity contribution in [2.24, 2.45) is 11.7 Å². The van der Waals surface area contributed by atoms with Crippen molar-refractivity contribution >= 4 is 5.91 Å². The van der Waals surface area contributed by atoms with Gasteiger partial charge in [-0.25, -0.2) is 0 Å². The van der Waals surface area contributed by atoms with Crippen LogP contribution in [0, 0.1) is 5.92 Å². The monoisotopic (exact) mass is 352 g/mol. The summed E-state index contributed by atoms with van der Waals surface area (Å²) in [6.07, 6.45) is 2.37. The van der Waals surface area contributed by atoms with Gasteiger partial charge in [-0.1, -0.05) is 60.7 Å². The number of hydrogen-bond donors (Lipinski definition) is 1. The molecule has 138 valence electrons. The van der Waals surface area contributed by atoms with Crippen LogP contribution in [0.3, 0.4) is 0 Å². The Hall–Kier alpha value is -2.17. The molecule has 0 saturated carbocycles. The van der Waals surface area contributed by atoms with Crippen LogP contribution < -0.4 is 5.73 Å². The Labute approximate surface area is 156 Å². The van der Waals surface area contributed by atoms with Gasteiger partial charge >= 0.3 is 0 Å². The molecule has 0 spiro atoms. The lowest BCUT2D eigenvalue weighted by Gasteiger charge is -2.31. The molecular formula is C22H28N2O2. The minimum Gasteiger partial charge on any atom is -0.381 e. The van der Waals surface area contributed by atoms with Gasteiger partial charge in [-0.2, -0.15) is 0 Å². The summed E-state index contributed by atoms with van der Waals surface area (Å²) in [5.74, 6) is 0.626. The Morgan fingerprint density at radius 1 is 1.04 bits per heavy atom. The molecule has 3 rings (SSSR count). The molecule has 0 aromatic heterocycles. The van der Waals surface area contributed by atoms with Crippen molar-refractivity contribution in [2.75, 3.05) is 19.8 Å². The van der Waals surface area contributed by atoms with Gasteiger partial charge in [0.2, 0.25) is 5.91 Å². The number of nitrogens with two attached hydrogens (primary N) is 1. The topological polar surface area (TPSA) is 55.6 Å². The summed E-state index contributed by atoms with van der Waals surface area (Å²) in [6, 6.07) is 19.8. The van der Waals surface area contributed by atoms with Crippen LogP contribution in [-0.4, -0.2) is 30.6 Å². The maximum Gasteiger partial charge on any atom is 0.224 e. The number of rotatable bonds is 7. The van der Waals surface area contributed by atoms with E-state index in [1.54, 1.807) is 0 Å². The Morgan fingerprint density at radius 2 is 1.65 bits per heavy atom. The first-order chi connectivity index (χ1) is 12.7. The normalized spacial score (nSPS) is 16.2. The first kappa shape index (κ1) is 18.6. The van der Waals surface area contributed by atoms with Gasteiger partial charge in [-0.05, 0) is 29.9 Å². The van der Waals surface area contributed by atoms with Crippen molar-refractivity contribution in [3.63, 3.8) is 0 Å². The average molecular weight is 352 g/mol. The fourth-order valence-electron chi connectivity index (χ4n) is 3.43. The molecular weight excluding hydrogens is 324 g/mol. The van der Waals surface area contributed by atoms with Crippen molar-refractivity contribution in [2.45, 2.75) is 31.8 Å². The second-order valence-corrected chi connectivity index (χ2v) is 7.04. The molecule has 2 aromatic carbocycles. The smallest absolute Gasteiger partial charge is 0.224 e. The van der Waals surface area contributed by atoms with Gasteiger partial charge in [-0.3, -0.25) is 4.79 Å². The molecule has 2 N–H and O–H groups in total. The summed E-state index contributed by atoms with van der Waals surface area (Å²) < 4.78 is 5.46. The first-order valence-corrected chi connectivity index (χ1v) is 9.42. The largest absolute Gasteiger partial charge is 0.381 e. The second kappa shape index (κ2) is 9.51. The maximum absolute atomic E-state index is 13.0. The molecule has 0 bridgehead atoms. The molecule has 1 heterocycles. The van der Waals surface area contributed by atoms with Gasteiger partial charge in [-0.15, -0.1) is 0 Å². The van der Waals surface area contributed by atoms with Crippen LogP contribution in [0.15, 0.2) is 60.7 Å². The third kappa shape index (κ3) is 5.41. The van der Waals surface area contributed by atoms with Gasteiger partial charge in [0.15, 0.2) is 0 Å². The van der Waals surface area contributed by atoms with E-state index in [-0.39, 0.29) is 11.9 Å². The third-order valence-electron chi connectivity index (χ3n) is 5.01. The molecule has 0 aliphatic carbocycles. The van der Waals surface area contributed by atoms with E-state index in [4.69, 9.17) is 10.5 Å². The van der Waals surface area contributed by atoms with Crippen molar-refractivity contribution < 1.29 is 9.53 Å². The number of carbonyl (C=O) groups excluding carboxylic acids is 1. The molecule has 1 atom stereocenters. The van der Waals surface area contributed by atoms with Gasteiger partial charge in [0.25, 0.3) is 0 Å². The minimum atomic E-state index is -0.267. The SMILES string of the molecule is NC(CC(=O)N(Cc1ccccc1)CC1CCOCC1)c1ccccc1. The Bertz CT molecular complexity index is 669. The lowest BCUT2D eigenvalue weighted by Crippen LogP contribution is -2.38. The molecule has 1 fully saturated rings. The van der Waals surface area contributed by atoms with Gasteiger partial charge in [0.1, 0.15) is 0 Å². The van der Waals surface area contributed by atoms with E-state index >= 15 is 0 Å². The van der Waals surface area contributed by atoms with E-state index in [1.165, 1.54) is 0 Å². The number of ether oxygens (including phenoxy) is 1. The summed E-state index contributed by atoms with van der Waals surface area (Å²) >= 11 is 0. The molecule has 2 aromatic rings. The van der Waals surface area contributed by atoms with Crippen molar-refractivity contribution in [3.05, 3.63) is 71.8 Å². The highest BCUT2D eigenvalue weighted by molar-refractivity contribution is 5.77. The van der Waals surface area contributed by atoms with Crippen molar-refractivity contribution in [1.82, 2.24) is 4.90 Å². The zero-order chi connectivity index (χ0) is 18.2. The predicted octanol–water partition coefficient (Wildman–Crippen LogP) is 3.53. The van der Waals surface area contributed by atoms with Crippen LogP contribution in [0.1, 0.15) is 36.4 Å². The minimum absolute atomic E-state index is 0.122. The lowest BCUT2D eigenvalue weighted by molar-refractivity contribution is -0.133. The standard InChI is InChI=1S/C22H28N2O2/c23-21(20-9-5-2-6-10-20)15-22(25)24(16-18-7-3-1-4-8-18)17-19-11-13-26-14-12-19/h1-10,19,21H,11-17,23H2. The summed E-state index contributed by atoms with van der Waals surface area (Å²) in [5.41, 5.74) is 8.45. The molecule has 4 nitrogen and oxygen atoms in total. The second-order valence-electron chi connectivity index (χ2n) is 7.04. The molecule has 0 radical (unpaired) electrons. The zero-order valence-electron chi connectivity index (χ0n) is 15.2. The summed E-state index contributed by atoms with van der Waals surface area (Å²) in [6.45, 7) is 3.00. The van der Waals surface area contributed by atoms with Crippen molar-refractivity contribution in [3.8, 4) is 0 Å². The highest BCUT2D eigenvalue weighted by atomic mass is 16.5. The quantitative estimate of drug-likeness (QED) is 0.829. The van der Waals surface area contributed by atoms with Crippen LogP contribution in [0.4, 0.5) is 0 Å². The summed E-state index contributed by atoms with van der Waals surface area (Å²) in [4.78, 5) is 15.0. The Kier molecular flexibility index (Phi) is 6.81. The maximum atomic E-state index is 13.0. The average Bonchev–Trinajstić information content (AvgIpc) is 2.69. The molecule has 4 heteroatoms. The van der Waals surface area contributed by atoms with E-state index in [9.17, 15) is 4.79 Å². The van der Waals surface area contributed by atoms with Crippen molar-refractivity contribution in [1.29, 1.82) is 0 Å². The van der Waals surface area contributed by atoms with E-state index < -0.39 is 0 Å². The number of nitrogens with zero attached hydrogens (tertiary/aromatic N) is 1. The Balaban J connectivity index is 1.67. The predicted molar refractivity (Wildman–Crippen MR) is 103 cm³/mol. The van der Waals surface area contributed by atoms with Crippen LogP contribution in [0.25, 0.3) is 0 Å². The van der Waals surface area contributed by atoms with E-state index in [2.05, 4.69) is 12.1 Å². The number of amides is 1. The van der Waals surface area contributed by atoms with E-state index in [0.29, 0.717) is 18.9 Å². The number of benzene rings is 2. The molecule has 1 aliphatic heterocycles. The molecule has 1 amide bonds. The first-order valence-electron chi connectivity index (χ1n) is 9.42. The number of hydrogen-bond acceptors (Lipinski definition) is 3. The number of carbonyl (C=O) groups is 1. The van der Waals surface area contributed by atoms with E-state index in [0.717, 1.165) is 43.7 Å². The van der Waals surface area contributed by atoms with Gasteiger partial charge in [0.05, 0.1) is 0 Å². The van der Waals surface area contributed by atoms with E-state index in [1.807, 2.05) is 53.4 Å². The van der Waals surface area contributed by atoms with Crippen LogP contribution >= 0.6 is 0 Å². The van der Waals surface area contributed by atoms with Crippen LogP contribution in [-0.2, 0) is 16.1 Å².